The largest absolute Gasteiger partial charge is 0.494 e. The zero-order chi connectivity index (χ0) is 18.3. The fraction of sp³-hybridized carbons (Fsp3) is 0.429. The molecule has 0 saturated heterocycles. The highest BCUT2D eigenvalue weighted by molar-refractivity contribution is 5.50. The van der Waals surface area contributed by atoms with Crippen molar-refractivity contribution in [1.82, 2.24) is 0 Å². The lowest BCUT2D eigenvalue weighted by atomic mass is 9.89. The average molecular weight is 334 g/mol. The third-order valence-corrected chi connectivity index (χ3v) is 4.52. The Labute approximate surface area is 144 Å². The minimum atomic E-state index is -1.09. The van der Waals surface area contributed by atoms with Gasteiger partial charge in [0.15, 0.2) is 5.83 Å². The fourth-order valence-electron chi connectivity index (χ4n) is 2.38. The molecule has 0 bridgehead atoms. The van der Waals surface area contributed by atoms with Gasteiger partial charge in [-0.25, -0.2) is 4.39 Å². The van der Waals surface area contributed by atoms with Gasteiger partial charge in [-0.3, -0.25) is 0 Å². The zero-order valence-corrected chi connectivity index (χ0v) is 15.2. The maximum Gasteiger partial charge on any atom is 0.200 e. The lowest BCUT2D eigenvalue weighted by Gasteiger charge is -2.17. The summed E-state index contributed by atoms with van der Waals surface area (Å²) >= 11 is 0. The number of methoxy groups -OCH3 is 1. The molecule has 1 unspecified atom stereocenters. The predicted octanol–water partition coefficient (Wildman–Crippen LogP) is 6.88. The molecule has 0 N–H and O–H groups in total. The molecule has 0 aliphatic heterocycles. The summed E-state index contributed by atoms with van der Waals surface area (Å²) in [5.74, 6) is -1.76. The number of rotatable bonds is 8. The Morgan fingerprint density at radius 2 is 1.79 bits per heavy atom. The molecule has 1 atom stereocenters. The van der Waals surface area contributed by atoms with Gasteiger partial charge in [0.05, 0.1) is 7.11 Å². The van der Waals surface area contributed by atoms with Crippen molar-refractivity contribution < 1.29 is 13.5 Å². The highest BCUT2D eigenvalue weighted by Gasteiger charge is 2.18. The maximum absolute atomic E-state index is 14.1. The number of allylic oxidation sites excluding steroid dienone is 9. The van der Waals surface area contributed by atoms with Crippen LogP contribution < -0.4 is 0 Å². The van der Waals surface area contributed by atoms with Gasteiger partial charge < -0.3 is 4.74 Å². The van der Waals surface area contributed by atoms with Crippen LogP contribution in [0.2, 0.25) is 0 Å². The van der Waals surface area contributed by atoms with E-state index in [0.29, 0.717) is 17.9 Å². The Hall–Kier alpha value is -1.90. The van der Waals surface area contributed by atoms with Crippen molar-refractivity contribution >= 4 is 0 Å². The Bertz CT molecular complexity index is 618. The Kier molecular flexibility index (Phi) is 7.90. The van der Waals surface area contributed by atoms with Crippen LogP contribution in [0.4, 0.5) is 8.78 Å². The predicted molar refractivity (Wildman–Crippen MR) is 97.8 cm³/mol. The Morgan fingerprint density at radius 3 is 2.29 bits per heavy atom. The summed E-state index contributed by atoms with van der Waals surface area (Å²) in [6.07, 6.45) is 9.72. The van der Waals surface area contributed by atoms with Crippen LogP contribution in [0.5, 0.6) is 0 Å². The summed E-state index contributed by atoms with van der Waals surface area (Å²) in [6.45, 7) is 13.5. The molecule has 132 valence electrons. The minimum Gasteiger partial charge on any atom is -0.494 e. The molecule has 1 nitrogen and oxygen atoms in total. The molecule has 3 heteroatoms. The van der Waals surface area contributed by atoms with Crippen molar-refractivity contribution in [2.45, 2.75) is 46.5 Å². The van der Waals surface area contributed by atoms with Crippen molar-refractivity contribution in [1.29, 1.82) is 0 Å². The second-order valence-electron chi connectivity index (χ2n) is 6.25. The number of halogens is 2. The van der Waals surface area contributed by atoms with Crippen LogP contribution in [-0.2, 0) is 4.74 Å². The van der Waals surface area contributed by atoms with Gasteiger partial charge in [-0.05, 0) is 43.3 Å². The summed E-state index contributed by atoms with van der Waals surface area (Å²) < 4.78 is 32.5. The highest BCUT2D eigenvalue weighted by Crippen LogP contribution is 2.33. The summed E-state index contributed by atoms with van der Waals surface area (Å²) in [7, 11) is 1.25. The quantitative estimate of drug-likeness (QED) is 0.347. The van der Waals surface area contributed by atoms with Crippen LogP contribution in [0.3, 0.4) is 0 Å². The van der Waals surface area contributed by atoms with E-state index in [9.17, 15) is 8.78 Å². The van der Waals surface area contributed by atoms with Crippen molar-refractivity contribution in [2.75, 3.05) is 7.11 Å². The molecule has 1 aliphatic carbocycles. The summed E-state index contributed by atoms with van der Waals surface area (Å²) in [4.78, 5) is 0. The van der Waals surface area contributed by atoms with Gasteiger partial charge in [-0.2, -0.15) is 4.39 Å². The van der Waals surface area contributed by atoms with E-state index >= 15 is 0 Å². The van der Waals surface area contributed by atoms with Crippen LogP contribution in [-0.4, -0.2) is 7.11 Å². The second-order valence-corrected chi connectivity index (χ2v) is 6.25. The standard InChI is InChI=1S/C21H28F2O/c1-7-14(2)8-9-15(3)18-10-12-19(13-11-18)16(4)20(22)21(23)17(5)24-6/h9-10,12,14H,4-5,7-8,11,13H2,1-3,6H3/b15-9+,21-20-. The Balaban J connectivity index is 2.89. The first-order valence-corrected chi connectivity index (χ1v) is 8.36. The van der Waals surface area contributed by atoms with Crippen LogP contribution in [0.15, 0.2) is 71.1 Å². The molecule has 1 rings (SSSR count). The van der Waals surface area contributed by atoms with Crippen LogP contribution in [0, 0.1) is 5.92 Å². The normalized spacial score (nSPS) is 17.5. The first-order valence-electron chi connectivity index (χ1n) is 8.36. The molecule has 0 spiro atoms. The lowest BCUT2D eigenvalue weighted by molar-refractivity contribution is 0.281. The van der Waals surface area contributed by atoms with E-state index in [1.54, 1.807) is 0 Å². The van der Waals surface area contributed by atoms with E-state index in [1.165, 1.54) is 18.3 Å². The van der Waals surface area contributed by atoms with E-state index in [0.717, 1.165) is 19.3 Å². The van der Waals surface area contributed by atoms with E-state index in [4.69, 9.17) is 0 Å². The number of hydrogen-bond acceptors (Lipinski definition) is 1. The van der Waals surface area contributed by atoms with E-state index in [1.807, 2.05) is 12.2 Å². The molecule has 0 saturated carbocycles. The third-order valence-electron chi connectivity index (χ3n) is 4.52. The van der Waals surface area contributed by atoms with Crippen LogP contribution in [0.25, 0.3) is 0 Å². The number of hydrogen-bond donors (Lipinski definition) is 0. The lowest BCUT2D eigenvalue weighted by Crippen LogP contribution is -2.00. The van der Waals surface area contributed by atoms with Crippen molar-refractivity contribution in [3.63, 3.8) is 0 Å². The molecule has 0 radical (unpaired) electrons. The molecular weight excluding hydrogens is 306 g/mol. The molecule has 0 amide bonds. The average Bonchev–Trinajstić information content (AvgIpc) is 2.63. The summed E-state index contributed by atoms with van der Waals surface area (Å²) in [6, 6.07) is 0. The van der Waals surface area contributed by atoms with Gasteiger partial charge in [-0.15, -0.1) is 0 Å². The monoisotopic (exact) mass is 334 g/mol. The van der Waals surface area contributed by atoms with Gasteiger partial charge >= 0.3 is 0 Å². The third kappa shape index (κ3) is 5.33. The van der Waals surface area contributed by atoms with E-state index in [2.05, 4.69) is 44.7 Å². The second kappa shape index (κ2) is 9.41. The molecular formula is C21H28F2O. The first kappa shape index (κ1) is 20.1. The van der Waals surface area contributed by atoms with E-state index in [-0.39, 0.29) is 11.3 Å². The molecule has 1 aliphatic rings. The molecule has 0 aromatic rings. The molecule has 0 aromatic heterocycles. The van der Waals surface area contributed by atoms with Gasteiger partial charge in [0.2, 0.25) is 5.83 Å². The van der Waals surface area contributed by atoms with Crippen LogP contribution >= 0.6 is 0 Å². The van der Waals surface area contributed by atoms with Crippen molar-refractivity contribution in [3.8, 4) is 0 Å². The van der Waals surface area contributed by atoms with Crippen molar-refractivity contribution in [2.24, 2.45) is 5.92 Å². The number of ether oxygens (including phenoxy) is 1. The van der Waals surface area contributed by atoms with Crippen LogP contribution in [0.1, 0.15) is 46.5 Å². The maximum atomic E-state index is 14.1. The Morgan fingerprint density at radius 1 is 1.21 bits per heavy atom. The zero-order valence-electron chi connectivity index (χ0n) is 15.2. The smallest absolute Gasteiger partial charge is 0.200 e. The summed E-state index contributed by atoms with van der Waals surface area (Å²) in [5.41, 5.74) is 3.25. The summed E-state index contributed by atoms with van der Waals surface area (Å²) in [5, 5.41) is 0. The highest BCUT2D eigenvalue weighted by atomic mass is 19.2. The molecule has 0 aromatic carbocycles. The van der Waals surface area contributed by atoms with Crippen molar-refractivity contribution in [3.05, 3.63) is 71.1 Å². The molecule has 0 fully saturated rings. The topological polar surface area (TPSA) is 9.23 Å². The van der Waals surface area contributed by atoms with Gasteiger partial charge in [-0.1, -0.05) is 57.2 Å². The van der Waals surface area contributed by atoms with Gasteiger partial charge in [0, 0.05) is 5.57 Å². The fourth-order valence-corrected chi connectivity index (χ4v) is 2.38. The van der Waals surface area contributed by atoms with E-state index < -0.39 is 11.7 Å². The first-order chi connectivity index (χ1) is 11.3. The molecule has 0 heterocycles. The minimum absolute atomic E-state index is 0.0576. The van der Waals surface area contributed by atoms with Gasteiger partial charge in [0.1, 0.15) is 5.76 Å². The molecule has 24 heavy (non-hydrogen) atoms. The SMILES string of the molecule is C=C(OC)/C(F)=C(/F)C(=C)C1=CC=C(/C(C)=C/CC(C)CC)CC1. The van der Waals surface area contributed by atoms with Gasteiger partial charge in [0.25, 0.3) is 0 Å².